The molecular weight excluding hydrogens is 230 g/mol. The molecule has 18 heavy (non-hydrogen) atoms. The Labute approximate surface area is 109 Å². The zero-order valence-electron chi connectivity index (χ0n) is 11.4. The standard InChI is InChI=1S/C13H25N3O2/c1-3-14-13(15-7-4-8-17-2)16-11-9-10-5-6-12(11)18-10/h10-12H,3-9H2,1-2H3,(H2,14,15,16). The first kappa shape index (κ1) is 13.6. The van der Waals surface area contributed by atoms with Gasteiger partial charge in [-0.3, -0.25) is 4.99 Å². The van der Waals surface area contributed by atoms with E-state index in [9.17, 15) is 0 Å². The Bertz CT molecular complexity index is 283. The van der Waals surface area contributed by atoms with E-state index in [2.05, 4.69) is 22.5 Å². The molecule has 2 rings (SSSR count). The van der Waals surface area contributed by atoms with Crippen molar-refractivity contribution in [3.8, 4) is 0 Å². The number of nitrogens with one attached hydrogen (secondary N) is 2. The Hall–Kier alpha value is -0.810. The number of guanidine groups is 1. The maximum atomic E-state index is 5.84. The van der Waals surface area contributed by atoms with Crippen LogP contribution < -0.4 is 10.6 Å². The van der Waals surface area contributed by atoms with Gasteiger partial charge in [0.15, 0.2) is 5.96 Å². The number of nitrogens with zero attached hydrogens (tertiary/aromatic N) is 1. The lowest BCUT2D eigenvalue weighted by molar-refractivity contribution is 0.0992. The molecule has 2 aliphatic heterocycles. The molecule has 3 atom stereocenters. The van der Waals surface area contributed by atoms with Crippen LogP contribution in [0.25, 0.3) is 0 Å². The first-order valence-corrected chi connectivity index (χ1v) is 7.02. The lowest BCUT2D eigenvalue weighted by atomic mass is 9.96. The molecule has 0 radical (unpaired) electrons. The molecule has 0 aromatic carbocycles. The fraction of sp³-hybridized carbons (Fsp3) is 0.923. The molecule has 0 aliphatic carbocycles. The molecule has 5 nitrogen and oxygen atoms in total. The third kappa shape index (κ3) is 3.59. The molecule has 2 N–H and O–H groups in total. The molecule has 0 aromatic heterocycles. The third-order valence-corrected chi connectivity index (χ3v) is 3.55. The summed E-state index contributed by atoms with van der Waals surface area (Å²) in [6, 6.07) is 0.434. The van der Waals surface area contributed by atoms with E-state index in [4.69, 9.17) is 9.47 Å². The molecule has 104 valence electrons. The van der Waals surface area contributed by atoms with Gasteiger partial charge in [-0.25, -0.2) is 0 Å². The third-order valence-electron chi connectivity index (χ3n) is 3.55. The topological polar surface area (TPSA) is 54.9 Å². The minimum atomic E-state index is 0.387. The summed E-state index contributed by atoms with van der Waals surface area (Å²) < 4.78 is 10.9. The SMILES string of the molecule is CCNC(=NCCCOC)NC1CC2CCC1O2. The van der Waals surface area contributed by atoms with Crippen LogP contribution in [0.4, 0.5) is 0 Å². The number of hydrogen-bond acceptors (Lipinski definition) is 3. The quantitative estimate of drug-likeness (QED) is 0.420. The second-order valence-corrected chi connectivity index (χ2v) is 4.97. The highest BCUT2D eigenvalue weighted by molar-refractivity contribution is 5.80. The number of ether oxygens (including phenoxy) is 2. The van der Waals surface area contributed by atoms with Crippen LogP contribution in [0.2, 0.25) is 0 Å². The van der Waals surface area contributed by atoms with Crippen molar-refractivity contribution in [2.45, 2.75) is 50.9 Å². The molecule has 0 amide bonds. The van der Waals surface area contributed by atoms with Crippen molar-refractivity contribution in [3.63, 3.8) is 0 Å². The van der Waals surface area contributed by atoms with Crippen molar-refractivity contribution in [2.24, 2.45) is 4.99 Å². The average Bonchev–Trinajstić information content (AvgIpc) is 2.97. The molecule has 0 aromatic rings. The van der Waals surface area contributed by atoms with Crippen LogP contribution in [-0.2, 0) is 9.47 Å². The summed E-state index contributed by atoms with van der Waals surface area (Å²) >= 11 is 0. The largest absolute Gasteiger partial charge is 0.385 e. The second-order valence-electron chi connectivity index (χ2n) is 4.97. The van der Waals surface area contributed by atoms with Crippen molar-refractivity contribution in [3.05, 3.63) is 0 Å². The average molecular weight is 255 g/mol. The molecule has 0 spiro atoms. The van der Waals surface area contributed by atoms with Crippen molar-refractivity contribution in [2.75, 3.05) is 26.8 Å². The Morgan fingerprint density at radius 2 is 2.33 bits per heavy atom. The predicted molar refractivity (Wildman–Crippen MR) is 71.9 cm³/mol. The maximum absolute atomic E-state index is 5.84. The van der Waals surface area contributed by atoms with Gasteiger partial charge in [-0.1, -0.05) is 0 Å². The number of methoxy groups -OCH3 is 1. The highest BCUT2D eigenvalue weighted by Gasteiger charge is 2.41. The van der Waals surface area contributed by atoms with Crippen molar-refractivity contribution in [1.29, 1.82) is 0 Å². The van der Waals surface area contributed by atoms with Gasteiger partial charge in [-0.05, 0) is 32.6 Å². The minimum Gasteiger partial charge on any atom is -0.385 e. The van der Waals surface area contributed by atoms with E-state index in [0.29, 0.717) is 18.2 Å². The van der Waals surface area contributed by atoms with Gasteiger partial charge in [0.2, 0.25) is 0 Å². The Kier molecular flexibility index (Phi) is 5.26. The summed E-state index contributed by atoms with van der Waals surface area (Å²) in [4.78, 5) is 4.56. The minimum absolute atomic E-state index is 0.387. The highest BCUT2D eigenvalue weighted by atomic mass is 16.5. The molecular formula is C13H25N3O2. The first-order valence-electron chi connectivity index (χ1n) is 7.02. The van der Waals surface area contributed by atoms with Gasteiger partial charge in [-0.2, -0.15) is 0 Å². The normalized spacial score (nSPS) is 30.8. The van der Waals surface area contributed by atoms with E-state index in [1.54, 1.807) is 7.11 Å². The Morgan fingerprint density at radius 1 is 1.44 bits per heavy atom. The summed E-state index contributed by atoms with van der Waals surface area (Å²) in [5, 5.41) is 6.79. The van der Waals surface area contributed by atoms with Crippen LogP contribution >= 0.6 is 0 Å². The van der Waals surface area contributed by atoms with Crippen molar-refractivity contribution < 1.29 is 9.47 Å². The Morgan fingerprint density at radius 3 is 2.94 bits per heavy atom. The van der Waals surface area contributed by atoms with Gasteiger partial charge in [0, 0.05) is 26.8 Å². The van der Waals surface area contributed by atoms with Gasteiger partial charge in [-0.15, -0.1) is 0 Å². The number of aliphatic imine (C=N–C) groups is 1. The second kappa shape index (κ2) is 6.95. The van der Waals surface area contributed by atoms with Crippen molar-refractivity contribution >= 4 is 5.96 Å². The highest BCUT2D eigenvalue weighted by Crippen LogP contribution is 2.34. The molecule has 2 aliphatic rings. The fourth-order valence-corrected chi connectivity index (χ4v) is 2.69. The fourth-order valence-electron chi connectivity index (χ4n) is 2.69. The lowest BCUT2D eigenvalue weighted by Gasteiger charge is -2.22. The number of rotatable bonds is 6. The lowest BCUT2D eigenvalue weighted by Crippen LogP contribution is -2.47. The summed E-state index contributed by atoms with van der Waals surface area (Å²) in [6.45, 7) is 4.53. The number of hydrogen-bond donors (Lipinski definition) is 2. The van der Waals surface area contributed by atoms with E-state index < -0.39 is 0 Å². The first-order chi connectivity index (χ1) is 8.83. The predicted octanol–water partition coefficient (Wildman–Crippen LogP) is 0.898. The maximum Gasteiger partial charge on any atom is 0.191 e. The Balaban J connectivity index is 1.78. The van der Waals surface area contributed by atoms with E-state index in [-0.39, 0.29) is 0 Å². The summed E-state index contributed by atoms with van der Waals surface area (Å²) in [5.74, 6) is 0.912. The molecule has 5 heteroatoms. The van der Waals surface area contributed by atoms with Gasteiger partial charge < -0.3 is 20.1 Å². The van der Waals surface area contributed by atoms with E-state index in [1.165, 1.54) is 12.8 Å². The summed E-state index contributed by atoms with van der Waals surface area (Å²) in [5.41, 5.74) is 0. The van der Waals surface area contributed by atoms with Gasteiger partial charge >= 0.3 is 0 Å². The smallest absolute Gasteiger partial charge is 0.191 e. The monoisotopic (exact) mass is 255 g/mol. The van der Waals surface area contributed by atoms with Gasteiger partial charge in [0.05, 0.1) is 18.2 Å². The van der Waals surface area contributed by atoms with E-state index in [1.807, 2.05) is 0 Å². The summed E-state index contributed by atoms with van der Waals surface area (Å²) in [7, 11) is 1.72. The zero-order valence-corrected chi connectivity index (χ0v) is 11.4. The van der Waals surface area contributed by atoms with Crippen LogP contribution in [-0.4, -0.2) is 51.0 Å². The van der Waals surface area contributed by atoms with Crippen molar-refractivity contribution in [1.82, 2.24) is 10.6 Å². The van der Waals surface area contributed by atoms with Gasteiger partial charge in [0.1, 0.15) is 0 Å². The zero-order chi connectivity index (χ0) is 12.8. The molecule has 2 bridgehead atoms. The van der Waals surface area contributed by atoms with Crippen LogP contribution in [0, 0.1) is 0 Å². The molecule has 2 saturated heterocycles. The number of fused-ring (bicyclic) bond motifs is 2. The van der Waals surface area contributed by atoms with Crippen LogP contribution in [0.3, 0.4) is 0 Å². The van der Waals surface area contributed by atoms with E-state index in [0.717, 1.165) is 38.5 Å². The van der Waals surface area contributed by atoms with Gasteiger partial charge in [0.25, 0.3) is 0 Å². The van der Waals surface area contributed by atoms with E-state index >= 15 is 0 Å². The summed E-state index contributed by atoms with van der Waals surface area (Å²) in [6.07, 6.45) is 5.35. The van der Waals surface area contributed by atoms with Crippen LogP contribution in [0.1, 0.15) is 32.6 Å². The molecule has 0 saturated carbocycles. The van der Waals surface area contributed by atoms with Crippen LogP contribution in [0.5, 0.6) is 0 Å². The molecule has 2 heterocycles. The van der Waals surface area contributed by atoms with Crippen LogP contribution in [0.15, 0.2) is 4.99 Å². The molecule has 2 fully saturated rings. The molecule has 3 unspecified atom stereocenters.